The number of unbranched alkanes of at least 4 members (excludes halogenated alkanes) is 9. The second-order valence-corrected chi connectivity index (χ2v) is 16.6. The second-order valence-electron chi connectivity index (χ2n) is 14.8. The molecule has 0 spiro atoms. The smallest absolute Gasteiger partial charge is 0.264 e. The predicted octanol–water partition coefficient (Wildman–Crippen LogP) is 8.28. The summed E-state index contributed by atoms with van der Waals surface area (Å²) in [5, 5.41) is 11.8. The van der Waals surface area contributed by atoms with Crippen LogP contribution in [0.1, 0.15) is 114 Å². The Morgan fingerprint density at radius 2 is 1.57 bits per heavy atom. The highest BCUT2D eigenvalue weighted by atomic mass is 79.9. The quantitative estimate of drug-likeness (QED) is 0.0251. The molecule has 0 aliphatic carbocycles. The number of nitrogens with zero attached hydrogens (tertiary/aromatic N) is 3. The van der Waals surface area contributed by atoms with Crippen molar-refractivity contribution in [2.45, 2.75) is 94.9 Å². The molecule has 6 rings (SSSR count). The number of hydrogen-bond donors (Lipinski definition) is 6. The minimum Gasteiger partial charge on any atom is -0.384 e. The number of amides is 5. The topological polar surface area (TPSA) is 201 Å². The second kappa shape index (κ2) is 21.2. The monoisotopic (exact) mass is 901 g/mol. The van der Waals surface area contributed by atoms with Crippen molar-refractivity contribution in [3.05, 3.63) is 93.3 Å². The molecular weight excluding hydrogens is 853 g/mol. The van der Waals surface area contributed by atoms with Crippen molar-refractivity contribution < 1.29 is 28.4 Å². The third kappa shape index (κ3) is 11.2. The number of rotatable bonds is 22. The van der Waals surface area contributed by atoms with E-state index >= 15 is 0 Å². The molecule has 2 aliphatic rings. The number of carbonyl (C=O) groups excluding carboxylic acids is 5. The number of aryl methyl sites for hydroxylation is 1. The number of benzene rings is 3. The van der Waals surface area contributed by atoms with Crippen LogP contribution in [0.3, 0.4) is 0 Å². The number of halogens is 2. The molecule has 4 aromatic rings. The Hall–Kier alpha value is -5.39. The zero-order chi connectivity index (χ0) is 42.6. The minimum atomic E-state index is -0.974. The normalized spacial score (nSPS) is 14.9. The molecule has 0 radical (unpaired) electrons. The first-order chi connectivity index (χ1) is 29.0. The zero-order valence-corrected chi connectivity index (χ0v) is 35.8. The molecule has 1 fully saturated rings. The van der Waals surface area contributed by atoms with Gasteiger partial charge in [0.25, 0.3) is 17.7 Å². The van der Waals surface area contributed by atoms with Crippen molar-refractivity contribution in [3.63, 3.8) is 0 Å². The maximum Gasteiger partial charge on any atom is 0.264 e. The van der Waals surface area contributed by atoms with E-state index < -0.39 is 41.4 Å². The number of imide groups is 2. The van der Waals surface area contributed by atoms with Crippen LogP contribution in [0.5, 0.6) is 0 Å². The number of piperidine rings is 1. The number of carbonyl (C=O) groups is 5. The van der Waals surface area contributed by atoms with Crippen LogP contribution in [-0.4, -0.2) is 63.5 Å². The molecule has 0 bridgehead atoms. The maximum atomic E-state index is 14.3. The zero-order valence-electron chi connectivity index (χ0n) is 33.4. The molecule has 1 unspecified atom stereocenters. The highest BCUT2D eigenvalue weighted by molar-refractivity contribution is 9.10. The lowest BCUT2D eigenvalue weighted by Crippen LogP contribution is -2.54. The molecule has 1 saturated heterocycles. The third-order valence-corrected chi connectivity index (χ3v) is 11.8. The van der Waals surface area contributed by atoms with Crippen molar-refractivity contribution in [2.24, 2.45) is 5.73 Å². The van der Waals surface area contributed by atoms with Gasteiger partial charge < -0.3 is 21.7 Å². The fraction of sp³-hybridized carbons (Fsp3) is 0.372. The Morgan fingerprint density at radius 1 is 0.883 bits per heavy atom. The van der Waals surface area contributed by atoms with Crippen molar-refractivity contribution in [1.29, 1.82) is 0 Å². The van der Waals surface area contributed by atoms with E-state index in [1.54, 1.807) is 42.4 Å². The van der Waals surface area contributed by atoms with E-state index in [0.29, 0.717) is 34.0 Å². The van der Waals surface area contributed by atoms with Gasteiger partial charge in [-0.05, 0) is 102 Å². The molecule has 3 aromatic carbocycles. The largest absolute Gasteiger partial charge is 0.384 e. The lowest BCUT2D eigenvalue weighted by molar-refractivity contribution is -0.136. The van der Waals surface area contributed by atoms with E-state index in [2.05, 4.69) is 58.0 Å². The molecule has 7 N–H and O–H groups in total. The van der Waals surface area contributed by atoms with Gasteiger partial charge in [-0.25, -0.2) is 9.37 Å². The molecule has 60 heavy (non-hydrogen) atoms. The standard InChI is InChI=1S/C43H49BrFN9O5S/c1-26-24-27(18-19-31(26)51-43-48-25-29(44)39(53-43)50-33-17-13-15-30(45)37(33)38(46)56)60-49-23-11-9-7-5-3-2-4-6-8-10-22-47-32-16-12-14-28-36(32)42(59)54(41(28)58)34-20-21-35(55)52-40(34)57/h12-19,24-25,34,47,49H,2-11,20-23H2,1H3,(H2,46,56)(H,52,55,57)(H2,48,50,51,53). The molecule has 0 saturated carbocycles. The van der Waals surface area contributed by atoms with E-state index in [4.69, 9.17) is 5.73 Å². The number of fused-ring (bicyclic) bond motifs is 1. The third-order valence-electron chi connectivity index (χ3n) is 10.4. The van der Waals surface area contributed by atoms with Gasteiger partial charge in [-0.3, -0.25) is 38.9 Å². The molecule has 5 amide bonds. The predicted molar refractivity (Wildman–Crippen MR) is 234 cm³/mol. The van der Waals surface area contributed by atoms with Crippen LogP contribution in [0.25, 0.3) is 0 Å². The first-order valence-electron chi connectivity index (χ1n) is 20.3. The van der Waals surface area contributed by atoms with Gasteiger partial charge in [-0.1, -0.05) is 63.5 Å². The van der Waals surface area contributed by atoms with Crippen molar-refractivity contribution in [3.8, 4) is 0 Å². The summed E-state index contributed by atoms with van der Waals surface area (Å²) in [5.74, 6) is -2.95. The minimum absolute atomic E-state index is 0.0908. The van der Waals surface area contributed by atoms with Crippen LogP contribution in [0.4, 0.5) is 33.2 Å². The summed E-state index contributed by atoms with van der Waals surface area (Å²) >= 11 is 5.01. The number of hydrogen-bond acceptors (Lipinski definition) is 12. The lowest BCUT2D eigenvalue weighted by atomic mass is 10.0. The summed E-state index contributed by atoms with van der Waals surface area (Å²) in [5.41, 5.74) is 8.36. The molecule has 17 heteroatoms. The van der Waals surface area contributed by atoms with Gasteiger partial charge >= 0.3 is 0 Å². The average molecular weight is 903 g/mol. The first kappa shape index (κ1) is 44.2. The van der Waals surface area contributed by atoms with E-state index in [9.17, 15) is 28.4 Å². The van der Waals surface area contributed by atoms with Gasteiger partial charge in [-0.2, -0.15) is 4.98 Å². The molecule has 14 nitrogen and oxygen atoms in total. The molecule has 1 atom stereocenters. The number of anilines is 5. The summed E-state index contributed by atoms with van der Waals surface area (Å²) in [4.78, 5) is 73.0. The van der Waals surface area contributed by atoms with E-state index in [-0.39, 0.29) is 29.7 Å². The number of nitrogens with two attached hydrogens (primary N) is 1. The summed E-state index contributed by atoms with van der Waals surface area (Å²) in [6, 6.07) is 14.4. The number of aromatic nitrogens is 2. The van der Waals surface area contributed by atoms with Gasteiger partial charge in [0.05, 0.1) is 26.9 Å². The Morgan fingerprint density at radius 3 is 2.27 bits per heavy atom. The van der Waals surface area contributed by atoms with Gasteiger partial charge in [0, 0.05) is 42.0 Å². The summed E-state index contributed by atoms with van der Waals surface area (Å²) in [6.45, 7) is 3.59. The Labute approximate surface area is 361 Å². The van der Waals surface area contributed by atoms with Crippen LogP contribution < -0.4 is 31.7 Å². The van der Waals surface area contributed by atoms with Crippen molar-refractivity contribution in [2.75, 3.05) is 29.0 Å². The fourth-order valence-corrected chi connectivity index (χ4v) is 8.31. The SMILES string of the molecule is Cc1cc(SNCCCCCCCCCCCCNc2cccc3c2C(=O)N(C2CCC(=O)NC2=O)C3=O)ccc1Nc1ncc(Br)c(Nc2cccc(F)c2C(N)=O)n1. The van der Waals surface area contributed by atoms with Crippen LogP contribution in [0, 0.1) is 12.7 Å². The van der Waals surface area contributed by atoms with E-state index in [1.165, 1.54) is 50.7 Å². The summed E-state index contributed by atoms with van der Waals surface area (Å²) in [6.07, 6.45) is 13.3. The van der Waals surface area contributed by atoms with Crippen LogP contribution >= 0.6 is 27.9 Å². The Bertz CT molecular complexity index is 2250. The van der Waals surface area contributed by atoms with E-state index in [1.807, 2.05) is 19.1 Å². The van der Waals surface area contributed by atoms with Crippen LogP contribution in [0.2, 0.25) is 0 Å². The number of nitrogens with one attached hydrogen (secondary N) is 5. The lowest BCUT2D eigenvalue weighted by Gasteiger charge is -2.27. The van der Waals surface area contributed by atoms with Gasteiger partial charge in [0.15, 0.2) is 0 Å². The van der Waals surface area contributed by atoms with Gasteiger partial charge in [-0.15, -0.1) is 0 Å². The molecule has 316 valence electrons. The van der Waals surface area contributed by atoms with Crippen molar-refractivity contribution >= 4 is 86.2 Å². The summed E-state index contributed by atoms with van der Waals surface area (Å²) in [7, 11) is 0. The molecule has 2 aliphatic heterocycles. The fourth-order valence-electron chi connectivity index (χ4n) is 7.24. The maximum absolute atomic E-state index is 14.3. The molecular formula is C43H49BrFN9O5S. The van der Waals surface area contributed by atoms with Crippen molar-refractivity contribution in [1.82, 2.24) is 24.9 Å². The van der Waals surface area contributed by atoms with Gasteiger partial charge in [0.1, 0.15) is 17.7 Å². The van der Waals surface area contributed by atoms with Crippen LogP contribution in [-0.2, 0) is 9.59 Å². The average Bonchev–Trinajstić information content (AvgIpc) is 3.47. The Balaban J connectivity index is 0.804. The number of primary amides is 1. The molecule has 1 aromatic heterocycles. The molecule has 3 heterocycles. The first-order valence-corrected chi connectivity index (χ1v) is 21.9. The highest BCUT2D eigenvalue weighted by Gasteiger charge is 2.45. The van der Waals surface area contributed by atoms with Gasteiger partial charge in [0.2, 0.25) is 17.8 Å². The van der Waals surface area contributed by atoms with Crippen LogP contribution in [0.15, 0.2) is 70.2 Å². The highest BCUT2D eigenvalue weighted by Crippen LogP contribution is 2.33. The van der Waals surface area contributed by atoms with E-state index in [0.717, 1.165) is 53.3 Å². The summed E-state index contributed by atoms with van der Waals surface area (Å²) < 4.78 is 18.3. The Kier molecular flexibility index (Phi) is 15.6.